The molecule has 1 aromatic rings. The maximum atomic E-state index is 5.48. The van der Waals surface area contributed by atoms with Crippen molar-refractivity contribution in [2.24, 2.45) is 12.8 Å². The van der Waals surface area contributed by atoms with Crippen molar-refractivity contribution >= 4 is 0 Å². The number of nitrogens with two attached hydrogens (primary N) is 1. The van der Waals surface area contributed by atoms with E-state index in [1.54, 1.807) is 0 Å². The first-order chi connectivity index (χ1) is 6.81. The lowest BCUT2D eigenvalue weighted by molar-refractivity contribution is 0.397. The number of aromatic nitrogens is 2. The Balaban J connectivity index is 2.04. The minimum atomic E-state index is 0.759. The van der Waals surface area contributed by atoms with E-state index in [0.29, 0.717) is 0 Å². The summed E-state index contributed by atoms with van der Waals surface area (Å²) in [6.45, 7) is 0.759. The van der Waals surface area contributed by atoms with Gasteiger partial charge in [-0.05, 0) is 38.3 Å². The third-order valence-electron chi connectivity index (χ3n) is 3.13. The zero-order chi connectivity index (χ0) is 9.97. The molecule has 2 rings (SSSR count). The third-order valence-corrected chi connectivity index (χ3v) is 3.13. The molecular weight excluding hydrogens is 174 g/mol. The zero-order valence-corrected chi connectivity index (χ0v) is 8.87. The molecule has 0 amide bonds. The quantitative estimate of drug-likeness (QED) is 0.789. The van der Waals surface area contributed by atoms with Crippen molar-refractivity contribution in [1.29, 1.82) is 0 Å². The Morgan fingerprint density at radius 2 is 2.36 bits per heavy atom. The molecule has 1 fully saturated rings. The van der Waals surface area contributed by atoms with E-state index in [1.165, 1.54) is 30.7 Å². The Morgan fingerprint density at radius 1 is 1.57 bits per heavy atom. The number of hydrogen-bond acceptors (Lipinski definition) is 2. The van der Waals surface area contributed by atoms with Crippen LogP contribution in [0.25, 0.3) is 0 Å². The smallest absolute Gasteiger partial charge is 0.0628 e. The van der Waals surface area contributed by atoms with Gasteiger partial charge in [0.1, 0.15) is 0 Å². The highest BCUT2D eigenvalue weighted by Crippen LogP contribution is 2.36. The van der Waals surface area contributed by atoms with Crippen LogP contribution in [-0.4, -0.2) is 16.3 Å². The summed E-state index contributed by atoms with van der Waals surface area (Å²) in [7, 11) is 2.06. The largest absolute Gasteiger partial charge is 0.330 e. The Labute approximate surface area is 85.3 Å². The molecule has 1 aliphatic carbocycles. The zero-order valence-electron chi connectivity index (χ0n) is 8.87. The topological polar surface area (TPSA) is 43.8 Å². The van der Waals surface area contributed by atoms with E-state index in [2.05, 4.69) is 22.9 Å². The first kappa shape index (κ1) is 9.71. The number of aryl methyl sites for hydroxylation is 2. The molecule has 3 heteroatoms. The summed E-state index contributed by atoms with van der Waals surface area (Å²) >= 11 is 0. The van der Waals surface area contributed by atoms with E-state index >= 15 is 0 Å². The second-order valence-electron chi connectivity index (χ2n) is 4.20. The molecule has 0 radical (unpaired) electrons. The molecule has 0 aromatic carbocycles. The van der Waals surface area contributed by atoms with Gasteiger partial charge in [0, 0.05) is 18.7 Å². The highest BCUT2D eigenvalue weighted by atomic mass is 15.3. The van der Waals surface area contributed by atoms with Crippen molar-refractivity contribution in [2.75, 3.05) is 6.54 Å². The van der Waals surface area contributed by atoms with Gasteiger partial charge in [-0.25, -0.2) is 0 Å². The van der Waals surface area contributed by atoms with Crippen molar-refractivity contribution in [3.8, 4) is 0 Å². The van der Waals surface area contributed by atoms with Crippen molar-refractivity contribution < 1.29 is 0 Å². The summed E-state index contributed by atoms with van der Waals surface area (Å²) in [5.41, 5.74) is 8.11. The summed E-state index contributed by atoms with van der Waals surface area (Å²) in [5, 5.41) is 4.51. The molecule has 0 aliphatic heterocycles. The van der Waals surface area contributed by atoms with Crippen LogP contribution < -0.4 is 5.73 Å². The average Bonchev–Trinajstić information content (AvgIpc) is 2.42. The molecule has 0 saturated heterocycles. The lowest BCUT2D eigenvalue weighted by Crippen LogP contribution is -2.12. The summed E-state index contributed by atoms with van der Waals surface area (Å²) in [5.74, 6) is 0.777. The summed E-state index contributed by atoms with van der Waals surface area (Å²) in [6.07, 6.45) is 6.14. The van der Waals surface area contributed by atoms with Gasteiger partial charge in [0.05, 0.1) is 5.69 Å². The van der Waals surface area contributed by atoms with Gasteiger partial charge >= 0.3 is 0 Å². The van der Waals surface area contributed by atoms with Gasteiger partial charge in [0.15, 0.2) is 0 Å². The van der Waals surface area contributed by atoms with Crippen molar-refractivity contribution in [3.05, 3.63) is 17.5 Å². The minimum absolute atomic E-state index is 0.759. The fourth-order valence-corrected chi connectivity index (χ4v) is 2.03. The van der Waals surface area contributed by atoms with Crippen molar-refractivity contribution in [3.63, 3.8) is 0 Å². The molecule has 0 unspecified atom stereocenters. The normalized spacial score (nSPS) is 17.0. The fourth-order valence-electron chi connectivity index (χ4n) is 2.03. The molecule has 78 valence electrons. The highest BCUT2D eigenvalue weighted by Gasteiger charge is 2.22. The van der Waals surface area contributed by atoms with E-state index in [0.717, 1.165) is 25.3 Å². The SMILES string of the molecule is Cn1nc(CCCN)cc1C1CCC1. The van der Waals surface area contributed by atoms with Gasteiger partial charge in [-0.2, -0.15) is 5.10 Å². The molecule has 14 heavy (non-hydrogen) atoms. The number of nitrogens with zero attached hydrogens (tertiary/aromatic N) is 2. The predicted octanol–water partition coefficient (Wildman–Crippen LogP) is 1.58. The fraction of sp³-hybridized carbons (Fsp3) is 0.727. The summed E-state index contributed by atoms with van der Waals surface area (Å²) in [4.78, 5) is 0. The van der Waals surface area contributed by atoms with Gasteiger partial charge in [-0.15, -0.1) is 0 Å². The summed E-state index contributed by atoms with van der Waals surface area (Å²) < 4.78 is 2.05. The van der Waals surface area contributed by atoms with E-state index < -0.39 is 0 Å². The first-order valence-corrected chi connectivity index (χ1v) is 5.54. The van der Waals surface area contributed by atoms with E-state index in [4.69, 9.17) is 5.73 Å². The predicted molar refractivity (Wildman–Crippen MR) is 57.2 cm³/mol. The maximum Gasteiger partial charge on any atom is 0.0628 e. The van der Waals surface area contributed by atoms with Crippen LogP contribution in [0.5, 0.6) is 0 Å². The Kier molecular flexibility index (Phi) is 2.87. The molecule has 0 atom stereocenters. The minimum Gasteiger partial charge on any atom is -0.330 e. The second kappa shape index (κ2) is 4.13. The van der Waals surface area contributed by atoms with Crippen LogP contribution in [0.3, 0.4) is 0 Å². The van der Waals surface area contributed by atoms with Crippen LogP contribution in [0, 0.1) is 0 Å². The molecule has 0 spiro atoms. The van der Waals surface area contributed by atoms with Gasteiger partial charge in [0.25, 0.3) is 0 Å². The maximum absolute atomic E-state index is 5.48. The van der Waals surface area contributed by atoms with Crippen LogP contribution in [-0.2, 0) is 13.5 Å². The van der Waals surface area contributed by atoms with Crippen LogP contribution in [0.1, 0.15) is 43.0 Å². The van der Waals surface area contributed by atoms with Gasteiger partial charge in [-0.1, -0.05) is 6.42 Å². The van der Waals surface area contributed by atoms with E-state index in [9.17, 15) is 0 Å². The molecular formula is C11H19N3. The van der Waals surface area contributed by atoms with Crippen molar-refractivity contribution in [1.82, 2.24) is 9.78 Å². The second-order valence-corrected chi connectivity index (χ2v) is 4.20. The Morgan fingerprint density at radius 3 is 2.93 bits per heavy atom. The van der Waals surface area contributed by atoms with Gasteiger partial charge < -0.3 is 5.73 Å². The number of hydrogen-bond donors (Lipinski definition) is 1. The van der Waals surface area contributed by atoms with Crippen LogP contribution in [0.15, 0.2) is 6.07 Å². The molecule has 1 aromatic heterocycles. The Hall–Kier alpha value is -0.830. The molecule has 1 saturated carbocycles. The Bertz CT molecular complexity index is 299. The molecule has 0 bridgehead atoms. The monoisotopic (exact) mass is 193 g/mol. The van der Waals surface area contributed by atoms with Gasteiger partial charge in [0.2, 0.25) is 0 Å². The highest BCUT2D eigenvalue weighted by molar-refractivity contribution is 5.16. The molecule has 1 heterocycles. The third kappa shape index (κ3) is 1.82. The molecule has 3 nitrogen and oxygen atoms in total. The number of rotatable bonds is 4. The van der Waals surface area contributed by atoms with E-state index in [-0.39, 0.29) is 0 Å². The average molecular weight is 193 g/mol. The van der Waals surface area contributed by atoms with Gasteiger partial charge in [-0.3, -0.25) is 4.68 Å². The lowest BCUT2D eigenvalue weighted by atomic mass is 9.83. The molecule has 1 aliphatic rings. The van der Waals surface area contributed by atoms with Crippen LogP contribution in [0.2, 0.25) is 0 Å². The molecule has 2 N–H and O–H groups in total. The van der Waals surface area contributed by atoms with Crippen molar-refractivity contribution in [2.45, 2.75) is 38.0 Å². The standard InChI is InChI=1S/C11H19N3/c1-14-11(9-4-2-5-9)8-10(13-14)6-3-7-12/h8-9H,2-7,12H2,1H3. The van der Waals surface area contributed by atoms with Crippen LogP contribution in [0.4, 0.5) is 0 Å². The summed E-state index contributed by atoms with van der Waals surface area (Å²) in [6, 6.07) is 2.26. The lowest BCUT2D eigenvalue weighted by Gasteiger charge is -2.25. The van der Waals surface area contributed by atoms with E-state index in [1.807, 2.05) is 0 Å². The first-order valence-electron chi connectivity index (χ1n) is 5.54. The van der Waals surface area contributed by atoms with Crippen LogP contribution >= 0.6 is 0 Å².